The predicted molar refractivity (Wildman–Crippen MR) is 65.1 cm³/mol. The van der Waals surface area contributed by atoms with Crippen molar-refractivity contribution in [3.05, 3.63) is 23.3 Å². The van der Waals surface area contributed by atoms with Crippen LogP contribution in [0.4, 0.5) is 0 Å². The van der Waals surface area contributed by atoms with Crippen molar-refractivity contribution in [3.63, 3.8) is 0 Å². The van der Waals surface area contributed by atoms with Gasteiger partial charge in [0, 0.05) is 26.5 Å². The maximum atomic E-state index is 8.93. The fourth-order valence-corrected chi connectivity index (χ4v) is 2.08. The maximum Gasteiger partial charge on any atom is 0.246 e. The summed E-state index contributed by atoms with van der Waals surface area (Å²) in [6, 6.07) is 3.69. The van der Waals surface area contributed by atoms with Crippen molar-refractivity contribution in [3.8, 4) is 11.5 Å². The highest BCUT2D eigenvalue weighted by molar-refractivity contribution is 5.50. The number of nitrogens with two attached hydrogens (primary N) is 1. The van der Waals surface area contributed by atoms with Gasteiger partial charge < -0.3 is 20.3 Å². The number of aliphatic hydroxyl groups excluding tert-OH is 1. The first-order valence-electron chi connectivity index (χ1n) is 5.82. The second-order valence-corrected chi connectivity index (χ2v) is 4.88. The van der Waals surface area contributed by atoms with Gasteiger partial charge in [0.05, 0.1) is 0 Å². The van der Waals surface area contributed by atoms with E-state index in [2.05, 4.69) is 0 Å². The van der Waals surface area contributed by atoms with Crippen LogP contribution in [0.15, 0.2) is 12.1 Å². The number of ether oxygens (including phenoxy) is 2. The van der Waals surface area contributed by atoms with Crippen LogP contribution in [-0.4, -0.2) is 17.5 Å². The number of fused-ring (bicyclic) bond motifs is 1. The van der Waals surface area contributed by atoms with Crippen LogP contribution in [0.5, 0.6) is 11.5 Å². The first kappa shape index (κ1) is 12.2. The lowest BCUT2D eigenvalue weighted by atomic mass is 9.99. The summed E-state index contributed by atoms with van der Waals surface area (Å²) < 4.78 is 11.3. The van der Waals surface area contributed by atoms with Crippen LogP contribution in [0.2, 0.25) is 0 Å². The number of aliphatic hydroxyl groups is 1. The van der Waals surface area contributed by atoms with Crippen LogP contribution in [0.3, 0.4) is 0 Å². The van der Waals surface area contributed by atoms with E-state index in [1.165, 1.54) is 0 Å². The molecule has 0 saturated carbocycles. The van der Waals surface area contributed by atoms with Crippen molar-refractivity contribution in [2.45, 2.75) is 39.0 Å². The summed E-state index contributed by atoms with van der Waals surface area (Å²) >= 11 is 0. The zero-order chi connectivity index (χ0) is 12.6. The van der Waals surface area contributed by atoms with Crippen LogP contribution < -0.4 is 15.2 Å². The molecule has 1 aliphatic rings. The molecule has 3 N–H and O–H groups in total. The summed E-state index contributed by atoms with van der Waals surface area (Å²) in [7, 11) is 0. The van der Waals surface area contributed by atoms with Crippen molar-refractivity contribution >= 4 is 0 Å². The highest BCUT2D eigenvalue weighted by Crippen LogP contribution is 2.41. The highest BCUT2D eigenvalue weighted by atomic mass is 16.7. The molecule has 0 spiro atoms. The van der Waals surface area contributed by atoms with E-state index in [1.54, 1.807) is 0 Å². The minimum Gasteiger partial charge on any atom is -0.449 e. The summed E-state index contributed by atoms with van der Waals surface area (Å²) in [5, 5.41) is 8.93. The van der Waals surface area contributed by atoms with Crippen LogP contribution in [-0.2, 0) is 0 Å². The third-order valence-corrected chi connectivity index (χ3v) is 2.88. The van der Waals surface area contributed by atoms with Crippen LogP contribution >= 0.6 is 0 Å². The van der Waals surface area contributed by atoms with Crippen molar-refractivity contribution in [1.29, 1.82) is 0 Å². The summed E-state index contributed by atoms with van der Waals surface area (Å²) in [4.78, 5) is 0. The summed E-state index contributed by atoms with van der Waals surface area (Å²) in [5.41, 5.74) is 8.07. The van der Waals surface area contributed by atoms with Crippen molar-refractivity contribution in [1.82, 2.24) is 0 Å². The van der Waals surface area contributed by atoms with Gasteiger partial charge in [-0.15, -0.1) is 0 Å². The van der Waals surface area contributed by atoms with Gasteiger partial charge in [0.2, 0.25) is 5.79 Å². The van der Waals surface area contributed by atoms with E-state index < -0.39 is 5.79 Å². The van der Waals surface area contributed by atoms with E-state index in [0.29, 0.717) is 6.42 Å². The smallest absolute Gasteiger partial charge is 0.246 e. The Hall–Kier alpha value is -1.26. The molecule has 0 aromatic heterocycles. The molecular formula is C13H19NO3. The molecule has 1 atom stereocenters. The Morgan fingerprint density at radius 1 is 1.29 bits per heavy atom. The molecule has 1 unspecified atom stereocenters. The SMILES string of the molecule is Cc1cc2c(cc1C(N)CCO)OC(C)(C)O2. The van der Waals surface area contributed by atoms with Gasteiger partial charge >= 0.3 is 0 Å². The molecule has 0 saturated heterocycles. The molecule has 0 bridgehead atoms. The number of hydrogen-bond donors (Lipinski definition) is 2. The van der Waals surface area contributed by atoms with Gasteiger partial charge in [-0.25, -0.2) is 0 Å². The highest BCUT2D eigenvalue weighted by Gasteiger charge is 2.32. The zero-order valence-corrected chi connectivity index (χ0v) is 10.5. The molecule has 2 rings (SSSR count). The first-order valence-corrected chi connectivity index (χ1v) is 5.82. The summed E-state index contributed by atoms with van der Waals surface area (Å²) in [5.74, 6) is 0.866. The molecule has 17 heavy (non-hydrogen) atoms. The van der Waals surface area contributed by atoms with Crippen molar-refractivity contribution < 1.29 is 14.6 Å². The van der Waals surface area contributed by atoms with Gasteiger partial charge in [0.1, 0.15) is 0 Å². The Labute approximate surface area is 101 Å². The Bertz CT molecular complexity index is 429. The van der Waals surface area contributed by atoms with E-state index >= 15 is 0 Å². The van der Waals surface area contributed by atoms with Gasteiger partial charge in [-0.1, -0.05) is 0 Å². The average Bonchev–Trinajstić information content (AvgIpc) is 2.50. The number of rotatable bonds is 3. The van der Waals surface area contributed by atoms with Crippen LogP contribution in [0.1, 0.15) is 37.4 Å². The van der Waals surface area contributed by atoms with Crippen LogP contribution in [0.25, 0.3) is 0 Å². The molecule has 1 aliphatic heterocycles. The molecule has 1 heterocycles. The van der Waals surface area contributed by atoms with E-state index in [-0.39, 0.29) is 12.6 Å². The number of hydrogen-bond acceptors (Lipinski definition) is 4. The molecule has 4 nitrogen and oxygen atoms in total. The predicted octanol–water partition coefficient (Wildman–Crippen LogP) is 1.88. The minimum absolute atomic E-state index is 0.0839. The Balaban J connectivity index is 2.33. The lowest BCUT2D eigenvalue weighted by Crippen LogP contribution is -2.29. The quantitative estimate of drug-likeness (QED) is 0.842. The van der Waals surface area contributed by atoms with E-state index in [1.807, 2.05) is 32.9 Å². The Morgan fingerprint density at radius 3 is 2.47 bits per heavy atom. The second kappa shape index (κ2) is 4.20. The standard InChI is InChI=1S/C13H19NO3/c1-8-6-11-12(17-13(2,3)16-11)7-9(8)10(14)4-5-15/h6-7,10,15H,4-5,14H2,1-3H3. The van der Waals surface area contributed by atoms with Crippen LogP contribution in [0, 0.1) is 6.92 Å². The van der Waals surface area contributed by atoms with Crippen molar-refractivity contribution in [2.75, 3.05) is 6.61 Å². The lowest BCUT2D eigenvalue weighted by Gasteiger charge is -2.16. The van der Waals surface area contributed by atoms with E-state index in [9.17, 15) is 0 Å². The van der Waals surface area contributed by atoms with Gasteiger partial charge in [-0.05, 0) is 36.6 Å². The molecule has 1 aromatic carbocycles. The maximum absolute atomic E-state index is 8.93. The van der Waals surface area contributed by atoms with E-state index in [4.69, 9.17) is 20.3 Å². The molecule has 0 amide bonds. The number of benzene rings is 1. The van der Waals surface area contributed by atoms with Gasteiger partial charge in [0.25, 0.3) is 0 Å². The third-order valence-electron chi connectivity index (χ3n) is 2.88. The molecule has 94 valence electrons. The zero-order valence-electron chi connectivity index (χ0n) is 10.5. The molecule has 1 aromatic rings. The largest absolute Gasteiger partial charge is 0.449 e. The van der Waals surface area contributed by atoms with E-state index in [0.717, 1.165) is 22.6 Å². The average molecular weight is 237 g/mol. The monoisotopic (exact) mass is 237 g/mol. The minimum atomic E-state index is -0.617. The fourth-order valence-electron chi connectivity index (χ4n) is 2.08. The normalized spacial score (nSPS) is 18.2. The molecule has 0 fully saturated rings. The molecule has 0 radical (unpaired) electrons. The second-order valence-electron chi connectivity index (χ2n) is 4.88. The molecule has 4 heteroatoms. The molecular weight excluding hydrogens is 218 g/mol. The topological polar surface area (TPSA) is 64.7 Å². The number of aryl methyl sites for hydroxylation is 1. The summed E-state index contributed by atoms with van der Waals surface area (Å²) in [6.45, 7) is 5.81. The van der Waals surface area contributed by atoms with Gasteiger partial charge in [-0.3, -0.25) is 0 Å². The van der Waals surface area contributed by atoms with Crippen molar-refractivity contribution in [2.24, 2.45) is 5.73 Å². The van der Waals surface area contributed by atoms with Gasteiger partial charge in [-0.2, -0.15) is 0 Å². The summed E-state index contributed by atoms with van der Waals surface area (Å²) in [6.07, 6.45) is 0.546. The molecule has 0 aliphatic carbocycles. The van der Waals surface area contributed by atoms with Gasteiger partial charge in [0.15, 0.2) is 11.5 Å². The Kier molecular flexibility index (Phi) is 3.02. The Morgan fingerprint density at radius 2 is 1.88 bits per heavy atom. The third kappa shape index (κ3) is 2.37. The lowest BCUT2D eigenvalue weighted by molar-refractivity contribution is -0.0431. The fraction of sp³-hybridized carbons (Fsp3) is 0.538. The first-order chi connectivity index (χ1) is 7.93.